The molecule has 0 aliphatic carbocycles. The quantitative estimate of drug-likeness (QED) is 0.0533. The number of hydrogen-bond acceptors (Lipinski definition) is 10. The summed E-state index contributed by atoms with van der Waals surface area (Å²) in [6, 6.07) is 3.84. The number of benzene rings is 1. The SMILES string of the molecule is O=C(CCCCCCCCCCNC(=O)c1ccc([N+](=O)[O-])c(CO)c1)ON1C(=O)CC(S(=O)(=O)O)C1=O.[H-].[Na+]. The molecule has 1 fully saturated rings. The van der Waals surface area contributed by atoms with Crippen LogP contribution in [0.15, 0.2) is 18.2 Å². The Morgan fingerprint density at radius 3 is 2.23 bits per heavy atom. The van der Waals surface area contributed by atoms with E-state index in [1.165, 1.54) is 18.2 Å². The summed E-state index contributed by atoms with van der Waals surface area (Å²) in [7, 11) is -4.76. The standard InChI is InChI=1S/C23H31N3O11S.Na.H/c27-15-17-13-16(10-11-18(17)26(32)33)22(30)24-12-8-6-4-2-1-3-5-7-9-21(29)37-25-20(28)14-19(23(25)31)38(34,35)36;;/h10-11,13,19,27H,1-9,12,14-15H2,(H,24,30)(H,34,35,36);;/q;+1;-1. The van der Waals surface area contributed by atoms with E-state index in [0.29, 0.717) is 19.4 Å². The van der Waals surface area contributed by atoms with E-state index in [-0.39, 0.29) is 65.2 Å². The molecule has 1 atom stereocenters. The van der Waals surface area contributed by atoms with Crippen molar-refractivity contribution in [2.45, 2.75) is 76.1 Å². The number of aliphatic hydroxyl groups excluding tert-OH is 1. The summed E-state index contributed by atoms with van der Waals surface area (Å²) in [6.45, 7) is -0.0956. The first-order valence-electron chi connectivity index (χ1n) is 12.2. The third-order valence-corrected chi connectivity index (χ3v) is 7.00. The van der Waals surface area contributed by atoms with Gasteiger partial charge in [0.05, 0.1) is 23.5 Å². The van der Waals surface area contributed by atoms with Crippen molar-refractivity contribution in [1.82, 2.24) is 10.4 Å². The Morgan fingerprint density at radius 1 is 1.10 bits per heavy atom. The molecular formula is C23H32N3NaO11S. The summed E-state index contributed by atoms with van der Waals surface area (Å²) in [4.78, 5) is 62.5. The first-order valence-corrected chi connectivity index (χ1v) is 13.7. The van der Waals surface area contributed by atoms with Gasteiger partial charge in [0.15, 0.2) is 5.25 Å². The number of hydroxylamine groups is 2. The molecule has 39 heavy (non-hydrogen) atoms. The van der Waals surface area contributed by atoms with E-state index in [4.69, 9.17) is 4.55 Å². The van der Waals surface area contributed by atoms with Gasteiger partial charge in [0.25, 0.3) is 33.5 Å². The average Bonchev–Trinajstić information content (AvgIpc) is 3.15. The molecule has 0 radical (unpaired) electrons. The topological polar surface area (TPSA) is 211 Å². The number of rotatable bonds is 16. The number of nitrogens with zero attached hydrogens (tertiary/aromatic N) is 2. The number of carbonyl (C=O) groups excluding carboxylic acids is 4. The zero-order chi connectivity index (χ0) is 28.3. The number of nitro benzene ring substituents is 1. The Labute approximate surface area is 249 Å². The molecule has 0 spiro atoms. The zero-order valence-corrected chi connectivity index (χ0v) is 24.5. The molecule has 1 aliphatic rings. The molecule has 1 aliphatic heterocycles. The van der Waals surface area contributed by atoms with Crippen LogP contribution in [0.1, 0.15) is 81.6 Å². The summed E-state index contributed by atoms with van der Waals surface area (Å²) < 4.78 is 31.1. The predicted molar refractivity (Wildman–Crippen MR) is 132 cm³/mol. The maximum Gasteiger partial charge on any atom is 1.00 e. The van der Waals surface area contributed by atoms with Gasteiger partial charge in [0.1, 0.15) is 0 Å². The minimum absolute atomic E-state index is 0. The van der Waals surface area contributed by atoms with Gasteiger partial charge in [-0.15, -0.1) is 5.06 Å². The number of amides is 3. The van der Waals surface area contributed by atoms with Crippen LogP contribution >= 0.6 is 0 Å². The Hall–Kier alpha value is -2.43. The van der Waals surface area contributed by atoms with Crippen LogP contribution in [0, 0.1) is 10.1 Å². The molecule has 0 saturated carbocycles. The number of nitro groups is 1. The molecule has 14 nitrogen and oxygen atoms in total. The summed E-state index contributed by atoms with van der Waals surface area (Å²) in [5, 5.41) is 21.1. The van der Waals surface area contributed by atoms with Gasteiger partial charge in [0.2, 0.25) is 0 Å². The minimum Gasteiger partial charge on any atom is -1.00 e. The Bertz CT molecular complexity index is 1170. The molecule has 1 heterocycles. The second-order valence-electron chi connectivity index (χ2n) is 8.79. The molecule has 1 unspecified atom stereocenters. The smallest absolute Gasteiger partial charge is 1.00 e. The first-order chi connectivity index (χ1) is 18.0. The number of nitrogens with one attached hydrogen (secondary N) is 1. The van der Waals surface area contributed by atoms with Crippen LogP contribution in [-0.2, 0) is 35.9 Å². The molecule has 0 aromatic heterocycles. The minimum atomic E-state index is -4.76. The van der Waals surface area contributed by atoms with Gasteiger partial charge >= 0.3 is 35.5 Å². The fourth-order valence-corrected chi connectivity index (χ4v) is 4.55. The van der Waals surface area contributed by atoms with Crippen molar-refractivity contribution in [3.63, 3.8) is 0 Å². The van der Waals surface area contributed by atoms with Gasteiger partial charge < -0.3 is 16.7 Å². The summed E-state index contributed by atoms with van der Waals surface area (Å²) in [6.07, 6.45) is 5.66. The Kier molecular flexibility index (Phi) is 14.7. The van der Waals surface area contributed by atoms with Crippen molar-refractivity contribution >= 4 is 39.5 Å². The molecule has 3 N–H and O–H groups in total. The summed E-state index contributed by atoms with van der Waals surface area (Å²) in [5.74, 6) is -3.50. The van der Waals surface area contributed by atoms with Gasteiger partial charge in [-0.3, -0.25) is 29.1 Å². The average molecular weight is 582 g/mol. The fraction of sp³-hybridized carbons (Fsp3) is 0.565. The molecular weight excluding hydrogens is 549 g/mol. The number of carbonyl (C=O) groups is 4. The van der Waals surface area contributed by atoms with Crippen LogP contribution < -0.4 is 34.9 Å². The van der Waals surface area contributed by atoms with Gasteiger partial charge in [-0.05, 0) is 25.0 Å². The van der Waals surface area contributed by atoms with Crippen LogP contribution in [0.5, 0.6) is 0 Å². The van der Waals surface area contributed by atoms with Gasteiger partial charge in [-0.1, -0.05) is 38.5 Å². The van der Waals surface area contributed by atoms with Crippen molar-refractivity contribution in [2.75, 3.05) is 6.54 Å². The van der Waals surface area contributed by atoms with Gasteiger partial charge in [0, 0.05) is 24.6 Å². The Balaban J connectivity index is 0.00000760. The van der Waals surface area contributed by atoms with E-state index in [1.54, 1.807) is 0 Å². The van der Waals surface area contributed by atoms with E-state index >= 15 is 0 Å². The van der Waals surface area contributed by atoms with E-state index in [2.05, 4.69) is 10.2 Å². The third kappa shape index (κ3) is 10.9. The number of aliphatic hydroxyl groups is 1. The Morgan fingerprint density at radius 2 is 1.69 bits per heavy atom. The summed E-state index contributed by atoms with van der Waals surface area (Å²) in [5.41, 5.74) is 0.0742. The van der Waals surface area contributed by atoms with E-state index < -0.39 is 51.1 Å². The second-order valence-corrected chi connectivity index (χ2v) is 10.4. The molecule has 212 valence electrons. The van der Waals surface area contributed by atoms with Crippen LogP contribution in [0.4, 0.5) is 5.69 Å². The monoisotopic (exact) mass is 581 g/mol. The van der Waals surface area contributed by atoms with Crippen molar-refractivity contribution in [3.8, 4) is 0 Å². The van der Waals surface area contributed by atoms with Crippen molar-refractivity contribution in [3.05, 3.63) is 39.4 Å². The molecule has 1 aromatic carbocycles. The van der Waals surface area contributed by atoms with Crippen molar-refractivity contribution in [1.29, 1.82) is 0 Å². The summed E-state index contributed by atoms with van der Waals surface area (Å²) >= 11 is 0. The van der Waals surface area contributed by atoms with E-state index in [1.807, 2.05) is 0 Å². The zero-order valence-electron chi connectivity index (χ0n) is 22.7. The van der Waals surface area contributed by atoms with Crippen LogP contribution in [-0.4, -0.2) is 63.5 Å². The van der Waals surface area contributed by atoms with Crippen LogP contribution in [0.25, 0.3) is 0 Å². The maximum absolute atomic E-state index is 12.2. The predicted octanol–water partition coefficient (Wildman–Crippen LogP) is -1.08. The molecule has 2 rings (SSSR count). The molecule has 1 saturated heterocycles. The first kappa shape index (κ1) is 34.6. The third-order valence-electron chi connectivity index (χ3n) is 5.92. The molecule has 3 amide bonds. The van der Waals surface area contributed by atoms with Crippen LogP contribution in [0.2, 0.25) is 0 Å². The molecule has 0 bridgehead atoms. The molecule has 1 aromatic rings. The second kappa shape index (κ2) is 16.6. The largest absolute Gasteiger partial charge is 1.00 e. The van der Waals surface area contributed by atoms with Crippen LogP contribution in [0.3, 0.4) is 0 Å². The normalized spacial score (nSPS) is 15.1. The fourth-order valence-electron chi connectivity index (χ4n) is 3.85. The van der Waals surface area contributed by atoms with Crippen molar-refractivity contribution in [2.24, 2.45) is 0 Å². The number of unbranched alkanes of at least 4 members (excludes halogenated alkanes) is 7. The number of imide groups is 1. The van der Waals surface area contributed by atoms with Gasteiger partial charge in [-0.25, -0.2) is 4.79 Å². The van der Waals surface area contributed by atoms with E-state index in [0.717, 1.165) is 38.5 Å². The number of hydrogen-bond donors (Lipinski definition) is 3. The molecule has 16 heteroatoms. The van der Waals surface area contributed by atoms with E-state index in [9.17, 15) is 42.8 Å². The maximum atomic E-state index is 12.2. The van der Waals surface area contributed by atoms with Crippen molar-refractivity contribution < 1.29 is 78.0 Å². The van der Waals surface area contributed by atoms with Gasteiger partial charge in [-0.2, -0.15) is 8.42 Å².